The van der Waals surface area contributed by atoms with Gasteiger partial charge in [-0.05, 0) is 52.4 Å². The molecule has 2 aromatic rings. The van der Waals surface area contributed by atoms with Crippen molar-refractivity contribution in [1.82, 2.24) is 5.32 Å². The number of benzene rings is 2. The summed E-state index contributed by atoms with van der Waals surface area (Å²) in [5.41, 5.74) is 1.52. The quantitative estimate of drug-likeness (QED) is 0.701. The van der Waals surface area contributed by atoms with Crippen molar-refractivity contribution in [1.29, 1.82) is 0 Å². The first-order valence-corrected chi connectivity index (χ1v) is 7.85. The summed E-state index contributed by atoms with van der Waals surface area (Å²) in [6.45, 7) is -0.247. The standard InChI is InChI=1S/C16H12F3IN2O2/c17-16(18,19)15(24)21-9-10-5-7-11(8-6-10)22-14(23)12-3-1-2-4-13(12)20/h1-8H,9H2,(H,21,24)(H,22,23). The molecule has 2 amide bonds. The highest BCUT2D eigenvalue weighted by molar-refractivity contribution is 14.1. The van der Waals surface area contributed by atoms with Gasteiger partial charge in [0.1, 0.15) is 0 Å². The van der Waals surface area contributed by atoms with Crippen LogP contribution in [0.4, 0.5) is 18.9 Å². The predicted molar refractivity (Wildman–Crippen MR) is 91.5 cm³/mol. The largest absolute Gasteiger partial charge is 0.471 e. The zero-order valence-electron chi connectivity index (χ0n) is 12.2. The predicted octanol–water partition coefficient (Wildman–Crippen LogP) is 3.72. The van der Waals surface area contributed by atoms with E-state index < -0.39 is 12.1 Å². The lowest BCUT2D eigenvalue weighted by molar-refractivity contribution is -0.173. The van der Waals surface area contributed by atoms with E-state index in [2.05, 4.69) is 27.9 Å². The second kappa shape index (κ2) is 7.65. The number of anilines is 1. The van der Waals surface area contributed by atoms with Crippen molar-refractivity contribution < 1.29 is 22.8 Å². The highest BCUT2D eigenvalue weighted by atomic mass is 127. The number of nitrogens with one attached hydrogen (secondary N) is 2. The van der Waals surface area contributed by atoms with Crippen LogP contribution in [0.25, 0.3) is 0 Å². The maximum atomic E-state index is 12.1. The van der Waals surface area contributed by atoms with Crippen LogP contribution in [0, 0.1) is 3.57 Å². The average Bonchev–Trinajstić information content (AvgIpc) is 2.53. The molecule has 0 atom stereocenters. The first kappa shape index (κ1) is 18.2. The number of halogens is 4. The fraction of sp³-hybridized carbons (Fsp3) is 0.125. The highest BCUT2D eigenvalue weighted by Gasteiger charge is 2.38. The second-order valence-corrected chi connectivity index (χ2v) is 5.97. The summed E-state index contributed by atoms with van der Waals surface area (Å²) in [5, 5.41) is 4.48. The minimum atomic E-state index is -4.90. The molecule has 0 aliphatic rings. The molecule has 4 nitrogen and oxygen atoms in total. The molecule has 0 heterocycles. The van der Waals surface area contributed by atoms with E-state index in [-0.39, 0.29) is 12.5 Å². The van der Waals surface area contributed by atoms with Gasteiger partial charge in [-0.2, -0.15) is 13.2 Å². The van der Waals surface area contributed by atoms with Crippen LogP contribution in [0.1, 0.15) is 15.9 Å². The minimum absolute atomic E-state index is 0.247. The Morgan fingerprint density at radius 3 is 2.21 bits per heavy atom. The van der Waals surface area contributed by atoms with Gasteiger partial charge in [-0.25, -0.2) is 0 Å². The summed E-state index contributed by atoms with van der Waals surface area (Å²) in [6, 6.07) is 13.3. The van der Waals surface area contributed by atoms with Crippen LogP contribution in [-0.4, -0.2) is 18.0 Å². The maximum Gasteiger partial charge on any atom is 0.471 e. The van der Waals surface area contributed by atoms with Crippen molar-refractivity contribution in [3.63, 3.8) is 0 Å². The molecule has 8 heteroatoms. The van der Waals surface area contributed by atoms with Crippen molar-refractivity contribution in [2.45, 2.75) is 12.7 Å². The Balaban J connectivity index is 1.96. The van der Waals surface area contributed by atoms with Gasteiger partial charge in [0.15, 0.2) is 0 Å². The fourth-order valence-corrected chi connectivity index (χ4v) is 2.46. The monoisotopic (exact) mass is 448 g/mol. The SMILES string of the molecule is O=C(Nc1ccc(CNC(=O)C(F)(F)F)cc1)c1ccccc1I. The van der Waals surface area contributed by atoms with Crippen LogP contribution >= 0.6 is 22.6 Å². The maximum absolute atomic E-state index is 12.1. The molecule has 0 unspecified atom stereocenters. The number of hydrogen-bond donors (Lipinski definition) is 2. The van der Waals surface area contributed by atoms with Crippen molar-refractivity contribution >= 4 is 40.1 Å². The number of hydrogen-bond acceptors (Lipinski definition) is 2. The zero-order chi connectivity index (χ0) is 17.7. The molecule has 0 fully saturated rings. The summed E-state index contributed by atoms with van der Waals surface area (Å²) in [5.74, 6) is -2.27. The molecule has 0 spiro atoms. The fourth-order valence-electron chi connectivity index (χ4n) is 1.83. The zero-order valence-corrected chi connectivity index (χ0v) is 14.3. The van der Waals surface area contributed by atoms with E-state index in [9.17, 15) is 22.8 Å². The number of rotatable bonds is 4. The van der Waals surface area contributed by atoms with Crippen LogP contribution < -0.4 is 10.6 Å². The third kappa shape index (κ3) is 4.95. The molecular formula is C16H12F3IN2O2. The van der Waals surface area contributed by atoms with Gasteiger partial charge in [0.25, 0.3) is 5.91 Å². The molecule has 2 aromatic carbocycles. The average molecular weight is 448 g/mol. The van der Waals surface area contributed by atoms with Crippen LogP contribution in [0.15, 0.2) is 48.5 Å². The van der Waals surface area contributed by atoms with E-state index in [0.717, 1.165) is 3.57 Å². The van der Waals surface area contributed by atoms with Gasteiger partial charge in [-0.15, -0.1) is 0 Å². The molecule has 2 N–H and O–H groups in total. The van der Waals surface area contributed by atoms with Gasteiger partial charge >= 0.3 is 12.1 Å². The van der Waals surface area contributed by atoms with E-state index in [4.69, 9.17) is 0 Å². The van der Waals surface area contributed by atoms with Crippen molar-refractivity contribution in [2.24, 2.45) is 0 Å². The second-order valence-electron chi connectivity index (χ2n) is 4.81. The lowest BCUT2D eigenvalue weighted by atomic mass is 10.2. The summed E-state index contributed by atoms with van der Waals surface area (Å²) in [4.78, 5) is 22.9. The number of alkyl halides is 3. The molecule has 0 aromatic heterocycles. The highest BCUT2D eigenvalue weighted by Crippen LogP contribution is 2.17. The first-order chi connectivity index (χ1) is 11.3. The Morgan fingerprint density at radius 2 is 1.62 bits per heavy atom. The molecule has 2 rings (SSSR count). The van der Waals surface area contributed by atoms with Crippen molar-refractivity contribution in [3.05, 3.63) is 63.2 Å². The van der Waals surface area contributed by atoms with Crippen LogP contribution in [0.3, 0.4) is 0 Å². The molecule has 0 bridgehead atoms. The third-order valence-electron chi connectivity index (χ3n) is 3.04. The molecule has 0 radical (unpaired) electrons. The summed E-state index contributed by atoms with van der Waals surface area (Å²) in [6.07, 6.45) is -4.90. The first-order valence-electron chi connectivity index (χ1n) is 6.77. The van der Waals surface area contributed by atoms with Gasteiger partial charge in [0, 0.05) is 15.8 Å². The molecule has 126 valence electrons. The Kier molecular flexibility index (Phi) is 5.81. The molecule has 24 heavy (non-hydrogen) atoms. The van der Waals surface area contributed by atoms with Gasteiger partial charge < -0.3 is 10.6 Å². The van der Waals surface area contributed by atoms with Crippen molar-refractivity contribution in [2.75, 3.05) is 5.32 Å². The van der Waals surface area contributed by atoms with Gasteiger partial charge in [0.05, 0.1) is 5.56 Å². The minimum Gasteiger partial charge on any atom is -0.344 e. The third-order valence-corrected chi connectivity index (χ3v) is 3.98. The van der Waals surface area contributed by atoms with Gasteiger partial charge in [-0.3, -0.25) is 9.59 Å². The normalized spacial score (nSPS) is 11.0. The van der Waals surface area contributed by atoms with E-state index in [1.54, 1.807) is 29.6 Å². The summed E-state index contributed by atoms with van der Waals surface area (Å²) >= 11 is 2.05. The number of amides is 2. The van der Waals surface area contributed by atoms with E-state index in [1.165, 1.54) is 12.1 Å². The Morgan fingerprint density at radius 1 is 1.00 bits per heavy atom. The van der Waals surface area contributed by atoms with Gasteiger partial charge in [-0.1, -0.05) is 24.3 Å². The lowest BCUT2D eigenvalue weighted by Gasteiger charge is -2.09. The number of carbonyl (C=O) groups excluding carboxylic acids is 2. The van der Waals surface area contributed by atoms with Gasteiger partial charge in [0.2, 0.25) is 0 Å². The molecule has 0 aliphatic carbocycles. The molecular weight excluding hydrogens is 436 g/mol. The van der Waals surface area contributed by atoms with E-state index >= 15 is 0 Å². The van der Waals surface area contributed by atoms with E-state index in [0.29, 0.717) is 16.8 Å². The van der Waals surface area contributed by atoms with Crippen molar-refractivity contribution in [3.8, 4) is 0 Å². The summed E-state index contributed by atoms with van der Waals surface area (Å²) < 4.78 is 37.1. The van der Waals surface area contributed by atoms with Crippen LogP contribution in [0.2, 0.25) is 0 Å². The topological polar surface area (TPSA) is 58.2 Å². The Hall–Kier alpha value is -2.10. The Labute approximate surface area is 149 Å². The van der Waals surface area contributed by atoms with Crippen LogP contribution in [-0.2, 0) is 11.3 Å². The lowest BCUT2D eigenvalue weighted by Crippen LogP contribution is -2.36. The molecule has 0 saturated heterocycles. The summed E-state index contributed by atoms with van der Waals surface area (Å²) in [7, 11) is 0. The Bertz CT molecular complexity index is 746. The molecule has 0 aliphatic heterocycles. The molecule has 0 saturated carbocycles. The smallest absolute Gasteiger partial charge is 0.344 e. The van der Waals surface area contributed by atoms with Crippen LogP contribution in [0.5, 0.6) is 0 Å². The van der Waals surface area contributed by atoms with E-state index in [1.807, 2.05) is 12.1 Å². The number of carbonyl (C=O) groups is 2.